The van der Waals surface area contributed by atoms with Crippen molar-refractivity contribution in [1.82, 2.24) is 10.3 Å². The Morgan fingerprint density at radius 2 is 2.00 bits per heavy atom. The van der Waals surface area contributed by atoms with E-state index in [0.29, 0.717) is 18.0 Å². The van der Waals surface area contributed by atoms with E-state index in [1.54, 1.807) is 6.07 Å². The number of halogens is 2. The summed E-state index contributed by atoms with van der Waals surface area (Å²) in [6.45, 7) is 0.358. The molecule has 0 radical (unpaired) electrons. The highest BCUT2D eigenvalue weighted by molar-refractivity contribution is 6.34. The molecule has 0 saturated heterocycles. The third-order valence-corrected chi connectivity index (χ3v) is 4.38. The van der Waals surface area contributed by atoms with Crippen molar-refractivity contribution in [3.05, 3.63) is 73.9 Å². The lowest BCUT2D eigenvalue weighted by atomic mass is 10.1. The van der Waals surface area contributed by atoms with Gasteiger partial charge in [0.2, 0.25) is 0 Å². The highest BCUT2D eigenvalue weighted by Gasteiger charge is 2.15. The number of nitro benzene ring substituents is 1. The van der Waals surface area contributed by atoms with Gasteiger partial charge in [0.1, 0.15) is 0 Å². The van der Waals surface area contributed by atoms with Crippen LogP contribution in [0.3, 0.4) is 0 Å². The van der Waals surface area contributed by atoms with Crippen LogP contribution in [-0.4, -0.2) is 22.4 Å². The summed E-state index contributed by atoms with van der Waals surface area (Å²) in [6.07, 6.45) is 2.45. The molecule has 0 aliphatic rings. The Bertz CT molecular complexity index is 969. The Kier molecular flexibility index (Phi) is 4.92. The molecule has 3 aromatic rings. The maximum Gasteiger partial charge on any atom is 0.270 e. The first-order valence-electron chi connectivity index (χ1n) is 7.43. The zero-order chi connectivity index (χ0) is 18.0. The maximum atomic E-state index is 12.2. The Balaban J connectivity index is 1.69. The second-order valence-electron chi connectivity index (χ2n) is 5.43. The van der Waals surface area contributed by atoms with Crippen molar-refractivity contribution < 1.29 is 9.72 Å². The standard InChI is InChI=1S/C17H13Cl2N3O3/c18-11-1-4-16-13(7-11)10(9-21-16)5-6-20-17(23)14-8-12(22(24)25)2-3-15(14)19/h1-4,7-9,21H,5-6H2,(H,20,23). The lowest BCUT2D eigenvalue weighted by Crippen LogP contribution is -2.26. The van der Waals surface area contributed by atoms with E-state index in [1.807, 2.05) is 18.3 Å². The summed E-state index contributed by atoms with van der Waals surface area (Å²) in [5, 5.41) is 15.4. The number of rotatable bonds is 5. The topological polar surface area (TPSA) is 88.0 Å². The molecule has 0 fully saturated rings. The first kappa shape index (κ1) is 17.3. The zero-order valence-corrected chi connectivity index (χ0v) is 14.4. The third-order valence-electron chi connectivity index (χ3n) is 3.81. The lowest BCUT2D eigenvalue weighted by molar-refractivity contribution is -0.384. The van der Waals surface area contributed by atoms with Crippen LogP contribution >= 0.6 is 23.2 Å². The first-order chi connectivity index (χ1) is 12.0. The minimum Gasteiger partial charge on any atom is -0.361 e. The number of hydrogen-bond acceptors (Lipinski definition) is 3. The van der Waals surface area contributed by atoms with Crippen molar-refractivity contribution in [3.8, 4) is 0 Å². The monoisotopic (exact) mass is 377 g/mol. The number of nitrogens with zero attached hydrogens (tertiary/aromatic N) is 1. The Hall–Kier alpha value is -2.57. The average Bonchev–Trinajstić information content (AvgIpc) is 2.97. The molecule has 1 heterocycles. The molecule has 0 spiro atoms. The number of aromatic nitrogens is 1. The molecule has 0 bridgehead atoms. The van der Waals surface area contributed by atoms with Gasteiger partial charge in [-0.2, -0.15) is 0 Å². The van der Waals surface area contributed by atoms with Crippen molar-refractivity contribution in [2.24, 2.45) is 0 Å². The number of carbonyl (C=O) groups is 1. The fourth-order valence-corrected chi connectivity index (χ4v) is 2.94. The summed E-state index contributed by atoms with van der Waals surface area (Å²) in [5.41, 5.74) is 1.88. The van der Waals surface area contributed by atoms with E-state index in [9.17, 15) is 14.9 Å². The van der Waals surface area contributed by atoms with E-state index in [-0.39, 0.29) is 16.3 Å². The summed E-state index contributed by atoms with van der Waals surface area (Å²) >= 11 is 12.0. The van der Waals surface area contributed by atoms with Gasteiger partial charge in [0.15, 0.2) is 0 Å². The van der Waals surface area contributed by atoms with E-state index in [0.717, 1.165) is 16.5 Å². The smallest absolute Gasteiger partial charge is 0.270 e. The summed E-state index contributed by atoms with van der Waals surface area (Å²) in [5.74, 6) is -0.452. The van der Waals surface area contributed by atoms with Crippen molar-refractivity contribution in [1.29, 1.82) is 0 Å². The molecular weight excluding hydrogens is 365 g/mol. The van der Waals surface area contributed by atoms with Gasteiger partial charge in [-0.3, -0.25) is 14.9 Å². The number of H-pyrrole nitrogens is 1. The van der Waals surface area contributed by atoms with Gasteiger partial charge in [0.05, 0.1) is 15.5 Å². The number of fused-ring (bicyclic) bond motifs is 1. The van der Waals surface area contributed by atoms with Gasteiger partial charge >= 0.3 is 0 Å². The molecule has 0 aliphatic carbocycles. The molecule has 1 aromatic heterocycles. The highest BCUT2D eigenvalue weighted by Crippen LogP contribution is 2.23. The van der Waals surface area contributed by atoms with Gasteiger partial charge in [-0.1, -0.05) is 23.2 Å². The number of carbonyl (C=O) groups excluding carboxylic acids is 1. The van der Waals surface area contributed by atoms with Crippen LogP contribution in [0.25, 0.3) is 10.9 Å². The van der Waals surface area contributed by atoms with E-state index in [2.05, 4.69) is 10.3 Å². The summed E-state index contributed by atoms with van der Waals surface area (Å²) in [6, 6.07) is 9.33. The van der Waals surface area contributed by atoms with Crippen LogP contribution in [0, 0.1) is 10.1 Å². The van der Waals surface area contributed by atoms with Crippen LogP contribution in [0.4, 0.5) is 5.69 Å². The average molecular weight is 378 g/mol. The lowest BCUT2D eigenvalue weighted by Gasteiger charge is -2.06. The van der Waals surface area contributed by atoms with Crippen LogP contribution in [0.15, 0.2) is 42.6 Å². The molecule has 0 unspecified atom stereocenters. The Morgan fingerprint density at radius 1 is 1.20 bits per heavy atom. The number of amides is 1. The zero-order valence-electron chi connectivity index (χ0n) is 12.9. The number of hydrogen-bond donors (Lipinski definition) is 2. The van der Waals surface area contributed by atoms with Crippen LogP contribution in [0.2, 0.25) is 10.0 Å². The summed E-state index contributed by atoms with van der Waals surface area (Å²) in [7, 11) is 0. The highest BCUT2D eigenvalue weighted by atomic mass is 35.5. The quantitative estimate of drug-likeness (QED) is 0.511. The third kappa shape index (κ3) is 3.75. The first-order valence-corrected chi connectivity index (χ1v) is 8.19. The number of nitrogens with one attached hydrogen (secondary N) is 2. The fraction of sp³-hybridized carbons (Fsp3) is 0.118. The molecule has 2 aromatic carbocycles. The minimum absolute atomic E-state index is 0.0813. The SMILES string of the molecule is O=C(NCCc1c[nH]c2ccc(Cl)cc12)c1cc([N+](=O)[O-])ccc1Cl. The number of non-ortho nitro benzene ring substituents is 1. The van der Waals surface area contributed by atoms with E-state index in [4.69, 9.17) is 23.2 Å². The Morgan fingerprint density at radius 3 is 2.76 bits per heavy atom. The molecule has 0 saturated carbocycles. The van der Waals surface area contributed by atoms with Gasteiger partial charge < -0.3 is 10.3 Å². The van der Waals surface area contributed by atoms with Crippen molar-refractivity contribution in [2.45, 2.75) is 6.42 Å². The van der Waals surface area contributed by atoms with Gasteiger partial charge in [-0.15, -0.1) is 0 Å². The van der Waals surface area contributed by atoms with Crippen molar-refractivity contribution >= 4 is 45.7 Å². The van der Waals surface area contributed by atoms with Crippen molar-refractivity contribution in [2.75, 3.05) is 6.54 Å². The van der Waals surface area contributed by atoms with Gasteiger partial charge in [0.25, 0.3) is 11.6 Å². The van der Waals surface area contributed by atoms with Crippen LogP contribution in [0.1, 0.15) is 15.9 Å². The molecule has 0 aliphatic heterocycles. The maximum absolute atomic E-state index is 12.2. The molecule has 128 valence electrons. The molecule has 2 N–H and O–H groups in total. The van der Waals surface area contributed by atoms with Crippen LogP contribution in [0.5, 0.6) is 0 Å². The van der Waals surface area contributed by atoms with Crippen LogP contribution in [-0.2, 0) is 6.42 Å². The molecule has 6 nitrogen and oxygen atoms in total. The summed E-state index contributed by atoms with van der Waals surface area (Å²) < 4.78 is 0. The van der Waals surface area contributed by atoms with Gasteiger partial charge in [-0.25, -0.2) is 0 Å². The van der Waals surface area contributed by atoms with E-state index in [1.165, 1.54) is 18.2 Å². The molecule has 3 rings (SSSR count). The van der Waals surface area contributed by atoms with Gasteiger partial charge in [0, 0.05) is 40.8 Å². The molecule has 8 heteroatoms. The number of benzene rings is 2. The van der Waals surface area contributed by atoms with Crippen LogP contribution < -0.4 is 5.32 Å². The molecule has 1 amide bonds. The van der Waals surface area contributed by atoms with Crippen molar-refractivity contribution in [3.63, 3.8) is 0 Å². The normalized spacial score (nSPS) is 10.8. The second kappa shape index (κ2) is 7.13. The van der Waals surface area contributed by atoms with E-state index >= 15 is 0 Å². The molecular formula is C17H13Cl2N3O3. The minimum atomic E-state index is -0.567. The van der Waals surface area contributed by atoms with Gasteiger partial charge in [-0.05, 0) is 36.2 Å². The number of aromatic amines is 1. The predicted molar refractivity (Wildman–Crippen MR) is 97.5 cm³/mol. The predicted octanol–water partition coefficient (Wildman–Crippen LogP) is 4.36. The molecule has 25 heavy (non-hydrogen) atoms. The fourth-order valence-electron chi connectivity index (χ4n) is 2.56. The second-order valence-corrected chi connectivity index (χ2v) is 6.27. The summed E-state index contributed by atoms with van der Waals surface area (Å²) in [4.78, 5) is 25.6. The Labute approximate surface area is 152 Å². The number of nitro groups is 1. The molecule has 0 atom stereocenters. The van der Waals surface area contributed by atoms with E-state index < -0.39 is 10.8 Å². The largest absolute Gasteiger partial charge is 0.361 e.